The minimum Gasteiger partial charge on any atom is -0.459 e. The number of benzene rings is 1. The van der Waals surface area contributed by atoms with Gasteiger partial charge < -0.3 is 14.2 Å². The van der Waals surface area contributed by atoms with Gasteiger partial charge >= 0.3 is 0 Å². The van der Waals surface area contributed by atoms with Crippen molar-refractivity contribution in [3.8, 4) is 0 Å². The lowest BCUT2D eigenvalue weighted by Gasteiger charge is -2.35. The molecule has 2 aromatic rings. The summed E-state index contributed by atoms with van der Waals surface area (Å²) in [7, 11) is 0. The molecule has 1 aliphatic rings. The van der Waals surface area contributed by atoms with Crippen LogP contribution in [-0.4, -0.2) is 65.8 Å². The zero-order valence-corrected chi connectivity index (χ0v) is 15.1. The minimum atomic E-state index is -0.0831. The number of carbonyl (C=O) groups is 2. The maximum atomic E-state index is 12.6. The predicted octanol–water partition coefficient (Wildman–Crippen LogP) is 2.09. The number of nitrogens with zero attached hydrogens (tertiary/aromatic N) is 3. The molecule has 0 N–H and O–H groups in total. The van der Waals surface area contributed by atoms with E-state index in [1.165, 1.54) is 6.26 Å². The Labute approximate surface area is 154 Å². The summed E-state index contributed by atoms with van der Waals surface area (Å²) in [6, 6.07) is 13.4. The van der Waals surface area contributed by atoms with Crippen molar-refractivity contribution in [3.05, 3.63) is 60.1 Å². The van der Waals surface area contributed by atoms with Crippen molar-refractivity contribution in [1.29, 1.82) is 0 Å². The van der Waals surface area contributed by atoms with Gasteiger partial charge in [-0.3, -0.25) is 14.5 Å². The van der Waals surface area contributed by atoms with Gasteiger partial charge in [-0.25, -0.2) is 0 Å². The number of rotatable bonds is 6. The summed E-state index contributed by atoms with van der Waals surface area (Å²) in [6.45, 7) is 6.32. The van der Waals surface area contributed by atoms with E-state index in [9.17, 15) is 9.59 Å². The second kappa shape index (κ2) is 8.67. The molecule has 26 heavy (non-hydrogen) atoms. The van der Waals surface area contributed by atoms with Crippen LogP contribution in [0.2, 0.25) is 0 Å². The summed E-state index contributed by atoms with van der Waals surface area (Å²) >= 11 is 0. The lowest BCUT2D eigenvalue weighted by molar-refractivity contribution is -0.133. The summed E-state index contributed by atoms with van der Waals surface area (Å²) in [5.74, 6) is 0.414. The van der Waals surface area contributed by atoms with E-state index in [1.807, 2.05) is 42.2 Å². The molecule has 0 saturated carbocycles. The lowest BCUT2D eigenvalue weighted by atomic mass is 10.2. The summed E-state index contributed by atoms with van der Waals surface area (Å²) < 4.78 is 5.18. The Hall–Kier alpha value is -2.60. The highest BCUT2D eigenvalue weighted by molar-refractivity contribution is 5.91. The van der Waals surface area contributed by atoms with Crippen molar-refractivity contribution in [2.45, 2.75) is 13.5 Å². The van der Waals surface area contributed by atoms with Gasteiger partial charge in [0.15, 0.2) is 5.76 Å². The van der Waals surface area contributed by atoms with Gasteiger partial charge in [0.05, 0.1) is 12.8 Å². The van der Waals surface area contributed by atoms with E-state index in [0.717, 1.165) is 5.56 Å². The molecule has 1 aromatic heterocycles. The molecular weight excluding hydrogens is 330 g/mol. The molecule has 1 fully saturated rings. The van der Waals surface area contributed by atoms with Gasteiger partial charge in [0.25, 0.3) is 5.91 Å². The van der Waals surface area contributed by atoms with Crippen LogP contribution in [-0.2, 0) is 11.3 Å². The average Bonchev–Trinajstić information content (AvgIpc) is 3.21. The molecule has 0 radical (unpaired) electrons. The zero-order valence-electron chi connectivity index (χ0n) is 15.1. The second-order valence-electron chi connectivity index (χ2n) is 6.44. The van der Waals surface area contributed by atoms with E-state index >= 15 is 0 Å². The fourth-order valence-electron chi connectivity index (χ4n) is 3.14. The summed E-state index contributed by atoms with van der Waals surface area (Å²) in [6.07, 6.45) is 1.51. The van der Waals surface area contributed by atoms with Gasteiger partial charge in [0, 0.05) is 39.3 Å². The van der Waals surface area contributed by atoms with E-state index in [0.29, 0.717) is 51.6 Å². The Morgan fingerprint density at radius 1 is 1.04 bits per heavy atom. The fourth-order valence-corrected chi connectivity index (χ4v) is 3.14. The maximum Gasteiger partial charge on any atom is 0.289 e. The van der Waals surface area contributed by atoms with Crippen LogP contribution in [0, 0.1) is 0 Å². The molecule has 3 rings (SSSR count). The first-order valence-electron chi connectivity index (χ1n) is 9.04. The highest BCUT2D eigenvalue weighted by Gasteiger charge is 2.25. The van der Waals surface area contributed by atoms with Gasteiger partial charge in [0.1, 0.15) is 0 Å². The fraction of sp³-hybridized carbons (Fsp3) is 0.400. The van der Waals surface area contributed by atoms with Crippen LogP contribution in [0.3, 0.4) is 0 Å². The third-order valence-electron chi connectivity index (χ3n) is 4.70. The Bertz CT molecular complexity index is 707. The first-order valence-corrected chi connectivity index (χ1v) is 9.04. The third-order valence-corrected chi connectivity index (χ3v) is 4.70. The molecule has 0 bridgehead atoms. The zero-order chi connectivity index (χ0) is 18.4. The number of carbonyl (C=O) groups excluding carboxylic acids is 2. The van der Waals surface area contributed by atoms with E-state index in [2.05, 4.69) is 4.90 Å². The minimum absolute atomic E-state index is 0.0831. The van der Waals surface area contributed by atoms with Gasteiger partial charge in [-0.15, -0.1) is 0 Å². The predicted molar refractivity (Wildman–Crippen MR) is 98.6 cm³/mol. The van der Waals surface area contributed by atoms with E-state index in [1.54, 1.807) is 17.0 Å². The van der Waals surface area contributed by atoms with Gasteiger partial charge in [-0.05, 0) is 24.6 Å². The van der Waals surface area contributed by atoms with Crippen LogP contribution in [0.5, 0.6) is 0 Å². The van der Waals surface area contributed by atoms with Crippen molar-refractivity contribution < 1.29 is 14.0 Å². The van der Waals surface area contributed by atoms with Gasteiger partial charge in [-0.1, -0.05) is 30.3 Å². The first kappa shape index (κ1) is 18.2. The molecule has 6 heteroatoms. The number of hydrogen-bond donors (Lipinski definition) is 0. The summed E-state index contributed by atoms with van der Waals surface area (Å²) in [5.41, 5.74) is 1.14. The van der Waals surface area contributed by atoms with E-state index < -0.39 is 0 Å². The Morgan fingerprint density at radius 3 is 2.38 bits per heavy atom. The van der Waals surface area contributed by atoms with Gasteiger partial charge in [0.2, 0.25) is 5.91 Å². The Morgan fingerprint density at radius 2 is 1.77 bits per heavy atom. The molecule has 6 nitrogen and oxygen atoms in total. The Balaban J connectivity index is 1.48. The summed E-state index contributed by atoms with van der Waals surface area (Å²) in [4.78, 5) is 30.7. The molecule has 0 atom stereocenters. The van der Waals surface area contributed by atoms with Crippen molar-refractivity contribution in [1.82, 2.24) is 14.7 Å². The molecule has 0 aliphatic carbocycles. The molecular formula is C20H25N3O3. The third kappa shape index (κ3) is 4.52. The first-order chi connectivity index (χ1) is 12.7. The highest BCUT2D eigenvalue weighted by Crippen LogP contribution is 2.10. The average molecular weight is 355 g/mol. The molecule has 2 amide bonds. The van der Waals surface area contributed by atoms with Crippen LogP contribution in [0.25, 0.3) is 0 Å². The van der Waals surface area contributed by atoms with Crippen LogP contribution in [0.15, 0.2) is 53.1 Å². The molecule has 1 aromatic carbocycles. The van der Waals surface area contributed by atoms with Crippen molar-refractivity contribution in [2.24, 2.45) is 0 Å². The molecule has 1 saturated heterocycles. The smallest absolute Gasteiger partial charge is 0.289 e. The quantitative estimate of drug-likeness (QED) is 0.796. The molecule has 138 valence electrons. The second-order valence-corrected chi connectivity index (χ2v) is 6.44. The van der Waals surface area contributed by atoms with Crippen molar-refractivity contribution in [2.75, 3.05) is 39.3 Å². The number of amides is 2. The normalized spacial score (nSPS) is 15.0. The molecule has 1 aliphatic heterocycles. The number of piperazine rings is 1. The van der Waals surface area contributed by atoms with E-state index in [-0.39, 0.29) is 11.8 Å². The standard InChI is InChI=1S/C20H25N3O3/c1-2-22(15-17-7-4-3-5-8-17)19(24)16-21-10-12-23(13-11-21)20(25)18-9-6-14-26-18/h3-9,14H,2,10-13,15-16H2,1H3. The molecule has 2 heterocycles. The van der Waals surface area contributed by atoms with Gasteiger partial charge in [-0.2, -0.15) is 0 Å². The van der Waals surface area contributed by atoms with Crippen LogP contribution < -0.4 is 0 Å². The maximum absolute atomic E-state index is 12.6. The monoisotopic (exact) mass is 355 g/mol. The molecule has 0 unspecified atom stereocenters. The van der Waals surface area contributed by atoms with Crippen LogP contribution >= 0.6 is 0 Å². The molecule has 0 spiro atoms. The number of furan rings is 1. The number of hydrogen-bond acceptors (Lipinski definition) is 4. The summed E-state index contributed by atoms with van der Waals surface area (Å²) in [5, 5.41) is 0. The van der Waals surface area contributed by atoms with Crippen molar-refractivity contribution in [3.63, 3.8) is 0 Å². The lowest BCUT2D eigenvalue weighted by Crippen LogP contribution is -2.51. The SMILES string of the molecule is CCN(Cc1ccccc1)C(=O)CN1CCN(C(=O)c2ccco2)CC1. The van der Waals surface area contributed by atoms with Crippen LogP contribution in [0.4, 0.5) is 0 Å². The topological polar surface area (TPSA) is 57.0 Å². The van der Waals surface area contributed by atoms with Crippen LogP contribution in [0.1, 0.15) is 23.0 Å². The number of likely N-dealkylation sites (N-methyl/N-ethyl adjacent to an activating group) is 1. The Kier molecular flexibility index (Phi) is 6.07. The van der Waals surface area contributed by atoms with E-state index in [4.69, 9.17) is 4.42 Å². The highest BCUT2D eigenvalue weighted by atomic mass is 16.3. The van der Waals surface area contributed by atoms with Crippen molar-refractivity contribution >= 4 is 11.8 Å². The largest absolute Gasteiger partial charge is 0.459 e.